The van der Waals surface area contributed by atoms with Crippen LogP contribution in [0.25, 0.3) is 0 Å². The molecule has 0 saturated heterocycles. The van der Waals surface area contributed by atoms with Crippen molar-refractivity contribution in [2.24, 2.45) is 0 Å². The minimum absolute atomic E-state index is 0. The van der Waals surface area contributed by atoms with Crippen LogP contribution in [0.4, 0.5) is 0 Å². The van der Waals surface area contributed by atoms with E-state index < -0.39 is 10.1 Å². The Labute approximate surface area is 139 Å². The molecule has 0 spiro atoms. The number of thioether (sulfide) groups is 1. The minimum atomic E-state index is -4.08. The Morgan fingerprint density at radius 1 is 1.21 bits per heavy atom. The molecule has 0 atom stereocenters. The van der Waals surface area contributed by atoms with Gasteiger partial charge in [0.15, 0.2) is 11.5 Å². The van der Waals surface area contributed by atoms with Gasteiger partial charge in [-0.3, -0.25) is 0 Å². The van der Waals surface area contributed by atoms with Gasteiger partial charge in [0.2, 0.25) is 6.79 Å². The van der Waals surface area contributed by atoms with E-state index in [0.717, 1.165) is 29.2 Å². The molecule has 0 fully saturated rings. The van der Waals surface area contributed by atoms with Crippen molar-refractivity contribution >= 4 is 21.9 Å². The van der Waals surface area contributed by atoms with Gasteiger partial charge in [-0.15, -0.1) is 0 Å². The Kier molecular flexibility index (Phi) is 6.99. The van der Waals surface area contributed by atoms with Crippen molar-refractivity contribution in [2.75, 3.05) is 24.1 Å². The topological polar surface area (TPSA) is 75.7 Å². The largest absolute Gasteiger partial charge is 1.00 e. The van der Waals surface area contributed by atoms with Crippen molar-refractivity contribution in [1.82, 2.24) is 0 Å². The molecule has 1 aromatic carbocycles. The van der Waals surface area contributed by atoms with Gasteiger partial charge in [-0.05, 0) is 29.9 Å². The fourth-order valence-electron chi connectivity index (χ4n) is 1.55. The van der Waals surface area contributed by atoms with E-state index in [1.807, 2.05) is 18.2 Å². The Balaban J connectivity index is 0.00000180. The zero-order valence-corrected chi connectivity index (χ0v) is 14.3. The van der Waals surface area contributed by atoms with Gasteiger partial charge < -0.3 is 14.0 Å². The van der Waals surface area contributed by atoms with Gasteiger partial charge in [0.25, 0.3) is 0 Å². The molecular weight excluding hydrogens is 299 g/mol. The molecule has 0 saturated carbocycles. The summed E-state index contributed by atoms with van der Waals surface area (Å²) in [4.78, 5) is 0. The molecule has 100 valence electrons. The van der Waals surface area contributed by atoms with E-state index in [-0.39, 0.29) is 42.1 Å². The van der Waals surface area contributed by atoms with Gasteiger partial charge in [-0.1, -0.05) is 6.07 Å². The first-order valence-electron chi connectivity index (χ1n) is 5.44. The van der Waals surface area contributed by atoms with E-state index in [4.69, 9.17) is 9.47 Å². The van der Waals surface area contributed by atoms with Crippen LogP contribution in [0.5, 0.6) is 11.5 Å². The Morgan fingerprint density at radius 2 is 1.95 bits per heavy atom. The fraction of sp³-hybridized carbons (Fsp3) is 0.455. The molecule has 19 heavy (non-hydrogen) atoms. The zero-order valence-electron chi connectivity index (χ0n) is 10.6. The average molecular weight is 312 g/mol. The third-order valence-corrected chi connectivity index (χ3v) is 4.40. The molecule has 5 nitrogen and oxygen atoms in total. The molecule has 1 heterocycles. The molecule has 1 aliphatic heterocycles. The van der Waals surface area contributed by atoms with Gasteiger partial charge in [-0.25, -0.2) is 8.42 Å². The SMILES string of the molecule is O=S(=O)([O-])CCSCCc1ccc2c(c1)OCO2.[Na+]. The number of hydrogen-bond acceptors (Lipinski definition) is 6. The molecular formula is C11H13NaO5S2. The Bertz CT molecular complexity index is 518. The van der Waals surface area contributed by atoms with E-state index in [1.165, 1.54) is 11.8 Å². The van der Waals surface area contributed by atoms with Crippen LogP contribution in [0.2, 0.25) is 0 Å². The van der Waals surface area contributed by atoms with Crippen LogP contribution in [0.3, 0.4) is 0 Å². The van der Waals surface area contributed by atoms with Crippen molar-refractivity contribution in [3.8, 4) is 11.5 Å². The number of rotatable bonds is 6. The number of aryl methyl sites for hydroxylation is 1. The smallest absolute Gasteiger partial charge is 0.748 e. The first kappa shape index (κ1) is 17.1. The van der Waals surface area contributed by atoms with Crippen molar-refractivity contribution in [3.63, 3.8) is 0 Å². The van der Waals surface area contributed by atoms with E-state index in [0.29, 0.717) is 5.75 Å². The molecule has 0 bridgehead atoms. The second-order valence-corrected chi connectivity index (χ2v) is 6.56. The molecule has 0 unspecified atom stereocenters. The third-order valence-electron chi connectivity index (χ3n) is 2.45. The summed E-state index contributed by atoms with van der Waals surface area (Å²) in [6.07, 6.45) is 0.806. The van der Waals surface area contributed by atoms with Crippen molar-refractivity contribution < 1.29 is 52.0 Å². The summed E-state index contributed by atoms with van der Waals surface area (Å²) in [7, 11) is -4.08. The number of hydrogen-bond donors (Lipinski definition) is 0. The van der Waals surface area contributed by atoms with Crippen LogP contribution in [0.15, 0.2) is 18.2 Å². The van der Waals surface area contributed by atoms with Crippen LogP contribution in [-0.4, -0.2) is 37.0 Å². The van der Waals surface area contributed by atoms with E-state index in [1.54, 1.807) is 0 Å². The van der Waals surface area contributed by atoms with E-state index in [9.17, 15) is 13.0 Å². The van der Waals surface area contributed by atoms with Crippen LogP contribution >= 0.6 is 11.8 Å². The predicted octanol–water partition coefficient (Wildman–Crippen LogP) is -1.76. The van der Waals surface area contributed by atoms with Gasteiger partial charge in [0.05, 0.1) is 10.1 Å². The second-order valence-electron chi connectivity index (χ2n) is 3.81. The zero-order chi connectivity index (χ0) is 13.0. The molecule has 8 heteroatoms. The van der Waals surface area contributed by atoms with Gasteiger partial charge in [0.1, 0.15) is 0 Å². The fourth-order valence-corrected chi connectivity index (χ4v) is 3.42. The summed E-state index contributed by atoms with van der Waals surface area (Å²) in [6, 6.07) is 5.75. The van der Waals surface area contributed by atoms with E-state index >= 15 is 0 Å². The molecule has 0 radical (unpaired) electrons. The maximum atomic E-state index is 10.4. The van der Waals surface area contributed by atoms with Gasteiger partial charge in [0, 0.05) is 11.5 Å². The number of benzene rings is 1. The normalized spacial score (nSPS) is 13.1. The maximum Gasteiger partial charge on any atom is 1.00 e. The standard InChI is InChI=1S/C11H14O5S2.Na/c12-18(13,14)6-5-17-4-3-9-1-2-10-11(7-9)16-8-15-10;/h1-2,7H,3-6,8H2,(H,12,13,14);/q;+1/p-1. The molecule has 1 aliphatic rings. The first-order chi connectivity index (χ1) is 8.54. The quantitative estimate of drug-likeness (QED) is 0.352. The van der Waals surface area contributed by atoms with Crippen LogP contribution < -0.4 is 39.0 Å². The van der Waals surface area contributed by atoms with Gasteiger partial charge >= 0.3 is 29.6 Å². The van der Waals surface area contributed by atoms with Crippen molar-refractivity contribution in [3.05, 3.63) is 23.8 Å². The Hall–Kier alpha value is 0.0800. The summed E-state index contributed by atoms with van der Waals surface area (Å²) in [5.41, 5.74) is 1.11. The summed E-state index contributed by atoms with van der Waals surface area (Å²) in [5, 5.41) is 0. The van der Waals surface area contributed by atoms with Crippen LogP contribution in [0, 0.1) is 0 Å². The van der Waals surface area contributed by atoms with E-state index in [2.05, 4.69) is 0 Å². The molecule has 0 N–H and O–H groups in total. The second kappa shape index (κ2) is 7.75. The summed E-state index contributed by atoms with van der Waals surface area (Å²) in [6.45, 7) is 0.259. The van der Waals surface area contributed by atoms with Crippen molar-refractivity contribution in [1.29, 1.82) is 0 Å². The molecule has 2 rings (SSSR count). The maximum absolute atomic E-state index is 10.4. The summed E-state index contributed by atoms with van der Waals surface area (Å²) >= 11 is 1.46. The first-order valence-corrected chi connectivity index (χ1v) is 8.18. The minimum Gasteiger partial charge on any atom is -0.748 e. The molecule has 0 aromatic heterocycles. The monoisotopic (exact) mass is 312 g/mol. The van der Waals surface area contributed by atoms with Gasteiger partial charge in [-0.2, -0.15) is 11.8 Å². The Morgan fingerprint density at radius 3 is 2.68 bits per heavy atom. The average Bonchev–Trinajstić information content (AvgIpc) is 2.74. The van der Waals surface area contributed by atoms with Crippen LogP contribution in [0.1, 0.15) is 5.56 Å². The third kappa shape index (κ3) is 5.93. The molecule has 0 aliphatic carbocycles. The van der Waals surface area contributed by atoms with Crippen LogP contribution in [-0.2, 0) is 16.5 Å². The molecule has 0 amide bonds. The summed E-state index contributed by atoms with van der Waals surface area (Å²) in [5.74, 6) is 2.31. The number of ether oxygens (including phenoxy) is 2. The number of fused-ring (bicyclic) bond motifs is 1. The summed E-state index contributed by atoms with van der Waals surface area (Å²) < 4.78 is 41.6. The van der Waals surface area contributed by atoms with Crippen molar-refractivity contribution in [2.45, 2.75) is 6.42 Å². The molecule has 1 aromatic rings. The predicted molar refractivity (Wildman–Crippen MR) is 68.2 cm³/mol.